The van der Waals surface area contributed by atoms with E-state index in [0.717, 1.165) is 0 Å². The van der Waals surface area contributed by atoms with E-state index in [9.17, 15) is 9.00 Å². The Hall–Kier alpha value is -1.17. The molecule has 1 aromatic heterocycles. The molecule has 0 saturated carbocycles. The Kier molecular flexibility index (Phi) is 5.72. The Morgan fingerprint density at radius 2 is 2.11 bits per heavy atom. The first-order valence-electron chi connectivity index (χ1n) is 6.43. The molecule has 0 aliphatic carbocycles. The molecule has 0 aromatic carbocycles. The van der Waals surface area contributed by atoms with Crippen molar-refractivity contribution >= 4 is 16.8 Å². The van der Waals surface area contributed by atoms with E-state index in [2.05, 4.69) is 5.10 Å². The number of carbonyl (C=O) groups excluding carboxylic acids is 1. The molecular weight excluding hydrogens is 264 g/mol. The van der Waals surface area contributed by atoms with Gasteiger partial charge in [0, 0.05) is 23.1 Å². The van der Waals surface area contributed by atoms with Crippen LogP contribution in [0.25, 0.3) is 0 Å². The molecule has 0 radical (unpaired) electrons. The molecule has 5 nitrogen and oxygen atoms in total. The third kappa shape index (κ3) is 3.89. The van der Waals surface area contributed by atoms with E-state index in [0.29, 0.717) is 29.5 Å². The minimum Gasteiger partial charge on any atom is -0.462 e. The Bertz CT molecular complexity index is 468. The molecule has 2 unspecified atom stereocenters. The number of rotatable bonds is 6. The monoisotopic (exact) mass is 286 g/mol. The van der Waals surface area contributed by atoms with Gasteiger partial charge in [0.05, 0.1) is 24.3 Å². The van der Waals surface area contributed by atoms with Crippen LogP contribution in [0, 0.1) is 5.92 Å². The average molecular weight is 286 g/mol. The fourth-order valence-electron chi connectivity index (χ4n) is 1.58. The molecule has 108 valence electrons. The summed E-state index contributed by atoms with van der Waals surface area (Å²) in [5.74, 6) is 0.254. The normalized spacial score (nSPS) is 14.4. The maximum atomic E-state index is 12.3. The van der Waals surface area contributed by atoms with E-state index in [1.54, 1.807) is 18.7 Å². The minimum atomic E-state index is -1.03. The molecule has 0 fully saturated rings. The van der Waals surface area contributed by atoms with Crippen LogP contribution in [-0.2, 0) is 28.3 Å². The molecule has 1 aromatic rings. The highest BCUT2D eigenvalue weighted by Gasteiger charge is 2.22. The van der Waals surface area contributed by atoms with E-state index >= 15 is 0 Å². The maximum Gasteiger partial charge on any atom is 0.341 e. The fraction of sp³-hybridized carbons (Fsp3) is 0.692. The SMILES string of the molecule is CCOC(=O)c1cnn(C)c1CS(=O)C(C)C(C)C. The fourth-order valence-corrected chi connectivity index (χ4v) is 3.06. The van der Waals surface area contributed by atoms with Crippen LogP contribution in [0.2, 0.25) is 0 Å². The lowest BCUT2D eigenvalue weighted by Gasteiger charge is -2.15. The van der Waals surface area contributed by atoms with Crippen molar-refractivity contribution in [2.24, 2.45) is 13.0 Å². The second-order valence-corrected chi connectivity index (χ2v) is 6.62. The van der Waals surface area contributed by atoms with Gasteiger partial charge in [0.2, 0.25) is 0 Å². The molecule has 0 amide bonds. The van der Waals surface area contributed by atoms with E-state index in [1.165, 1.54) is 6.20 Å². The van der Waals surface area contributed by atoms with Crippen molar-refractivity contribution in [1.82, 2.24) is 9.78 Å². The predicted octanol–water partition coefficient (Wildman–Crippen LogP) is 1.89. The van der Waals surface area contributed by atoms with E-state index in [1.807, 2.05) is 20.8 Å². The number of ether oxygens (including phenoxy) is 1. The maximum absolute atomic E-state index is 12.3. The molecule has 0 N–H and O–H groups in total. The van der Waals surface area contributed by atoms with Crippen LogP contribution in [0.3, 0.4) is 0 Å². The van der Waals surface area contributed by atoms with Crippen molar-refractivity contribution in [1.29, 1.82) is 0 Å². The van der Waals surface area contributed by atoms with E-state index in [4.69, 9.17) is 4.74 Å². The number of carbonyl (C=O) groups is 1. The summed E-state index contributed by atoms with van der Waals surface area (Å²) >= 11 is 0. The van der Waals surface area contributed by atoms with Crippen LogP contribution in [0.15, 0.2) is 6.20 Å². The summed E-state index contributed by atoms with van der Waals surface area (Å²) in [4.78, 5) is 11.8. The molecule has 0 spiro atoms. The summed E-state index contributed by atoms with van der Waals surface area (Å²) in [5.41, 5.74) is 1.08. The Morgan fingerprint density at radius 1 is 1.47 bits per heavy atom. The highest BCUT2D eigenvalue weighted by molar-refractivity contribution is 7.84. The third-order valence-corrected chi connectivity index (χ3v) is 5.12. The van der Waals surface area contributed by atoms with Crippen molar-refractivity contribution < 1.29 is 13.7 Å². The third-order valence-electron chi connectivity index (χ3n) is 3.19. The smallest absolute Gasteiger partial charge is 0.341 e. The first-order valence-corrected chi connectivity index (χ1v) is 7.81. The highest BCUT2D eigenvalue weighted by atomic mass is 32.2. The van der Waals surface area contributed by atoms with Gasteiger partial charge in [-0.15, -0.1) is 0 Å². The number of hydrogen-bond donors (Lipinski definition) is 0. The number of aryl methyl sites for hydroxylation is 1. The standard InChI is InChI=1S/C13H22N2O3S/c1-6-18-13(16)11-7-14-15(5)12(11)8-19(17)10(4)9(2)3/h7,9-10H,6,8H2,1-5H3. The molecule has 0 saturated heterocycles. The largest absolute Gasteiger partial charge is 0.462 e. The van der Waals surface area contributed by atoms with Crippen LogP contribution in [-0.4, -0.2) is 31.8 Å². The lowest BCUT2D eigenvalue weighted by molar-refractivity contribution is 0.0525. The van der Waals surface area contributed by atoms with Gasteiger partial charge in [-0.05, 0) is 12.8 Å². The number of nitrogens with zero attached hydrogens (tertiary/aromatic N) is 2. The van der Waals surface area contributed by atoms with Crippen LogP contribution in [0.4, 0.5) is 0 Å². The summed E-state index contributed by atoms with van der Waals surface area (Å²) in [6, 6.07) is 0. The van der Waals surface area contributed by atoms with Gasteiger partial charge in [0.15, 0.2) is 0 Å². The zero-order chi connectivity index (χ0) is 14.6. The molecule has 0 aliphatic rings. The van der Waals surface area contributed by atoms with Crippen molar-refractivity contribution in [3.8, 4) is 0 Å². The summed E-state index contributed by atoms with van der Waals surface area (Å²) in [6.07, 6.45) is 1.48. The highest BCUT2D eigenvalue weighted by Crippen LogP contribution is 2.17. The Labute approximate surface area is 116 Å². The second kappa shape index (κ2) is 6.84. The van der Waals surface area contributed by atoms with E-state index < -0.39 is 16.8 Å². The van der Waals surface area contributed by atoms with Gasteiger partial charge in [-0.1, -0.05) is 20.8 Å². The van der Waals surface area contributed by atoms with Crippen molar-refractivity contribution in [3.05, 3.63) is 17.5 Å². The lowest BCUT2D eigenvalue weighted by atomic mass is 10.2. The number of esters is 1. The average Bonchev–Trinajstić information content (AvgIpc) is 2.70. The zero-order valence-corrected chi connectivity index (χ0v) is 13.0. The van der Waals surface area contributed by atoms with Gasteiger partial charge in [-0.25, -0.2) is 4.79 Å². The van der Waals surface area contributed by atoms with Gasteiger partial charge in [-0.2, -0.15) is 5.10 Å². The molecule has 0 aliphatic heterocycles. The topological polar surface area (TPSA) is 61.2 Å². The summed E-state index contributed by atoms with van der Waals surface area (Å²) in [5, 5.41) is 4.13. The molecule has 1 heterocycles. The first-order chi connectivity index (χ1) is 8.88. The summed E-state index contributed by atoms with van der Waals surface area (Å²) < 4.78 is 18.8. The minimum absolute atomic E-state index is 0.0740. The second-order valence-electron chi connectivity index (χ2n) is 4.82. The van der Waals surface area contributed by atoms with Crippen molar-refractivity contribution in [3.63, 3.8) is 0 Å². The molecule has 0 bridgehead atoms. The summed E-state index contributed by atoms with van der Waals surface area (Å²) in [7, 11) is 0.711. The van der Waals surface area contributed by atoms with Crippen LogP contribution >= 0.6 is 0 Å². The Balaban J connectivity index is 2.92. The quantitative estimate of drug-likeness (QED) is 0.749. The predicted molar refractivity (Wildman–Crippen MR) is 75.3 cm³/mol. The van der Waals surface area contributed by atoms with Crippen molar-refractivity contribution in [2.75, 3.05) is 6.61 Å². The van der Waals surface area contributed by atoms with E-state index in [-0.39, 0.29) is 5.25 Å². The molecule has 1 rings (SSSR count). The first kappa shape index (κ1) is 15.9. The van der Waals surface area contributed by atoms with Gasteiger partial charge < -0.3 is 4.74 Å². The molecular formula is C13H22N2O3S. The number of aromatic nitrogens is 2. The summed E-state index contributed by atoms with van der Waals surface area (Å²) in [6.45, 7) is 8.11. The Morgan fingerprint density at radius 3 is 2.63 bits per heavy atom. The van der Waals surface area contributed by atoms with Crippen LogP contribution in [0.5, 0.6) is 0 Å². The van der Waals surface area contributed by atoms with Gasteiger partial charge >= 0.3 is 5.97 Å². The van der Waals surface area contributed by atoms with Gasteiger partial charge in [-0.3, -0.25) is 8.89 Å². The van der Waals surface area contributed by atoms with Gasteiger partial charge in [0.25, 0.3) is 0 Å². The van der Waals surface area contributed by atoms with Crippen LogP contribution < -0.4 is 0 Å². The zero-order valence-electron chi connectivity index (χ0n) is 12.2. The number of hydrogen-bond acceptors (Lipinski definition) is 4. The van der Waals surface area contributed by atoms with Crippen LogP contribution in [0.1, 0.15) is 43.7 Å². The lowest BCUT2D eigenvalue weighted by Crippen LogP contribution is -2.21. The van der Waals surface area contributed by atoms with Gasteiger partial charge in [0.1, 0.15) is 5.56 Å². The van der Waals surface area contributed by atoms with Crippen molar-refractivity contribution in [2.45, 2.75) is 38.7 Å². The molecule has 6 heteroatoms. The molecule has 2 atom stereocenters. The molecule has 19 heavy (non-hydrogen) atoms.